The monoisotopic (exact) mass is 344 g/mol. The molecule has 0 aliphatic carbocycles. The SMILES string of the molecule is CCCN(Cc1ccccc1)C(=O)Nc1ccc(OC(C)C)cc1F. The summed E-state index contributed by atoms with van der Waals surface area (Å²) in [5.41, 5.74) is 1.18. The summed E-state index contributed by atoms with van der Waals surface area (Å²) >= 11 is 0. The molecule has 0 bridgehead atoms. The summed E-state index contributed by atoms with van der Waals surface area (Å²) in [5.74, 6) is -0.0668. The number of nitrogens with one attached hydrogen (secondary N) is 1. The van der Waals surface area contributed by atoms with E-state index in [0.717, 1.165) is 12.0 Å². The molecule has 0 saturated heterocycles. The van der Waals surface area contributed by atoms with Gasteiger partial charge in [-0.2, -0.15) is 0 Å². The highest BCUT2D eigenvalue weighted by atomic mass is 19.1. The number of hydrogen-bond acceptors (Lipinski definition) is 2. The van der Waals surface area contributed by atoms with E-state index in [1.807, 2.05) is 51.1 Å². The second-order valence-corrected chi connectivity index (χ2v) is 6.15. The Morgan fingerprint density at radius 1 is 1.20 bits per heavy atom. The van der Waals surface area contributed by atoms with E-state index < -0.39 is 5.82 Å². The van der Waals surface area contributed by atoms with Crippen LogP contribution in [0.3, 0.4) is 0 Å². The van der Waals surface area contributed by atoms with Gasteiger partial charge in [0, 0.05) is 19.2 Å². The molecular weight excluding hydrogens is 319 g/mol. The van der Waals surface area contributed by atoms with Crippen molar-refractivity contribution in [3.05, 3.63) is 59.9 Å². The van der Waals surface area contributed by atoms with E-state index in [2.05, 4.69) is 5.32 Å². The van der Waals surface area contributed by atoms with Crippen LogP contribution < -0.4 is 10.1 Å². The highest BCUT2D eigenvalue weighted by molar-refractivity contribution is 5.89. The Morgan fingerprint density at radius 2 is 1.92 bits per heavy atom. The number of urea groups is 1. The minimum atomic E-state index is -0.511. The maximum Gasteiger partial charge on any atom is 0.322 e. The van der Waals surface area contributed by atoms with Crippen LogP contribution in [0.15, 0.2) is 48.5 Å². The van der Waals surface area contributed by atoms with Gasteiger partial charge in [-0.1, -0.05) is 37.3 Å². The molecule has 0 radical (unpaired) electrons. The lowest BCUT2D eigenvalue weighted by Gasteiger charge is -2.23. The number of carbonyl (C=O) groups is 1. The number of nitrogens with zero attached hydrogens (tertiary/aromatic N) is 1. The van der Waals surface area contributed by atoms with Crippen molar-refractivity contribution in [2.45, 2.75) is 39.8 Å². The van der Waals surface area contributed by atoms with Crippen LogP contribution in [0, 0.1) is 5.82 Å². The number of carbonyl (C=O) groups excluding carboxylic acids is 1. The van der Waals surface area contributed by atoms with Crippen molar-refractivity contribution in [2.24, 2.45) is 0 Å². The van der Waals surface area contributed by atoms with Crippen molar-refractivity contribution in [3.8, 4) is 5.75 Å². The van der Waals surface area contributed by atoms with Crippen LogP contribution in [0.5, 0.6) is 5.75 Å². The van der Waals surface area contributed by atoms with Gasteiger partial charge >= 0.3 is 6.03 Å². The first kappa shape index (κ1) is 18.8. The molecule has 5 heteroatoms. The van der Waals surface area contributed by atoms with Gasteiger partial charge in [-0.25, -0.2) is 9.18 Å². The number of amides is 2. The smallest absolute Gasteiger partial charge is 0.322 e. The van der Waals surface area contributed by atoms with Crippen LogP contribution in [0.25, 0.3) is 0 Å². The Bertz CT molecular complexity index is 689. The van der Waals surface area contributed by atoms with Gasteiger partial charge in [0.1, 0.15) is 11.6 Å². The molecular formula is C20H25FN2O2. The van der Waals surface area contributed by atoms with Crippen molar-refractivity contribution < 1.29 is 13.9 Å². The molecule has 0 aromatic heterocycles. The predicted octanol–water partition coefficient (Wildman–Crippen LogP) is 5.06. The van der Waals surface area contributed by atoms with E-state index in [1.165, 1.54) is 12.1 Å². The quantitative estimate of drug-likeness (QED) is 0.763. The van der Waals surface area contributed by atoms with Gasteiger partial charge in [0.25, 0.3) is 0 Å². The third kappa shape index (κ3) is 5.78. The Hall–Kier alpha value is -2.56. The predicted molar refractivity (Wildman–Crippen MR) is 98.3 cm³/mol. The summed E-state index contributed by atoms with van der Waals surface area (Å²) in [6.45, 7) is 6.83. The van der Waals surface area contributed by atoms with Crippen molar-refractivity contribution >= 4 is 11.7 Å². The minimum Gasteiger partial charge on any atom is -0.491 e. The fourth-order valence-corrected chi connectivity index (χ4v) is 2.46. The third-order valence-corrected chi connectivity index (χ3v) is 3.55. The molecule has 4 nitrogen and oxygen atoms in total. The first-order chi connectivity index (χ1) is 12.0. The molecule has 2 aromatic rings. The molecule has 0 heterocycles. The molecule has 2 rings (SSSR count). The minimum absolute atomic E-state index is 0.0363. The zero-order valence-electron chi connectivity index (χ0n) is 15.0. The summed E-state index contributed by atoms with van der Waals surface area (Å²) in [6, 6.07) is 13.9. The zero-order chi connectivity index (χ0) is 18.2. The summed E-state index contributed by atoms with van der Waals surface area (Å²) in [6.07, 6.45) is 0.787. The van der Waals surface area contributed by atoms with E-state index in [9.17, 15) is 9.18 Å². The normalized spacial score (nSPS) is 10.6. The van der Waals surface area contributed by atoms with E-state index in [4.69, 9.17) is 4.74 Å². The van der Waals surface area contributed by atoms with E-state index >= 15 is 0 Å². The molecule has 0 saturated carbocycles. The number of hydrogen-bond donors (Lipinski definition) is 1. The first-order valence-corrected chi connectivity index (χ1v) is 8.55. The number of ether oxygens (including phenoxy) is 1. The fourth-order valence-electron chi connectivity index (χ4n) is 2.46. The summed E-state index contributed by atoms with van der Waals surface area (Å²) in [7, 11) is 0. The lowest BCUT2D eigenvalue weighted by atomic mass is 10.2. The molecule has 0 unspecified atom stereocenters. The Morgan fingerprint density at radius 3 is 2.52 bits per heavy atom. The number of rotatable bonds is 7. The van der Waals surface area contributed by atoms with Crippen LogP contribution in [0.2, 0.25) is 0 Å². The van der Waals surface area contributed by atoms with Gasteiger partial charge in [0.15, 0.2) is 0 Å². The molecule has 0 spiro atoms. The lowest BCUT2D eigenvalue weighted by Crippen LogP contribution is -2.35. The maximum atomic E-state index is 14.2. The maximum absolute atomic E-state index is 14.2. The summed E-state index contributed by atoms with van der Waals surface area (Å²) in [4.78, 5) is 14.2. The zero-order valence-corrected chi connectivity index (χ0v) is 15.0. The highest BCUT2D eigenvalue weighted by Crippen LogP contribution is 2.22. The molecule has 0 fully saturated rings. The van der Waals surface area contributed by atoms with Crippen LogP contribution in [-0.2, 0) is 6.54 Å². The Kier molecular flexibility index (Phi) is 6.81. The van der Waals surface area contributed by atoms with E-state index in [1.54, 1.807) is 11.0 Å². The number of halogens is 1. The first-order valence-electron chi connectivity index (χ1n) is 8.55. The van der Waals surface area contributed by atoms with Crippen LogP contribution in [0.1, 0.15) is 32.8 Å². The topological polar surface area (TPSA) is 41.6 Å². The molecule has 0 atom stereocenters. The van der Waals surface area contributed by atoms with E-state index in [0.29, 0.717) is 18.8 Å². The number of anilines is 1. The molecule has 0 aliphatic heterocycles. The number of benzene rings is 2. The van der Waals surface area contributed by atoms with Crippen LogP contribution in [-0.4, -0.2) is 23.6 Å². The van der Waals surface area contributed by atoms with E-state index in [-0.39, 0.29) is 17.8 Å². The molecule has 25 heavy (non-hydrogen) atoms. The molecule has 134 valence electrons. The van der Waals surface area contributed by atoms with Gasteiger partial charge in [-0.3, -0.25) is 0 Å². The highest BCUT2D eigenvalue weighted by Gasteiger charge is 2.15. The van der Waals surface area contributed by atoms with Gasteiger partial charge in [0.05, 0.1) is 11.8 Å². The van der Waals surface area contributed by atoms with Gasteiger partial charge in [-0.15, -0.1) is 0 Å². The van der Waals surface area contributed by atoms with Crippen molar-refractivity contribution in [1.82, 2.24) is 4.90 Å². The molecule has 2 amide bonds. The average Bonchev–Trinajstić information content (AvgIpc) is 2.57. The summed E-state index contributed by atoms with van der Waals surface area (Å²) in [5, 5.41) is 2.65. The molecule has 0 aliphatic rings. The van der Waals surface area contributed by atoms with Crippen molar-refractivity contribution in [2.75, 3.05) is 11.9 Å². The second-order valence-electron chi connectivity index (χ2n) is 6.15. The van der Waals surface area contributed by atoms with Crippen molar-refractivity contribution in [1.29, 1.82) is 0 Å². The van der Waals surface area contributed by atoms with Crippen LogP contribution in [0.4, 0.5) is 14.9 Å². The molecule has 1 N–H and O–H groups in total. The lowest BCUT2D eigenvalue weighted by molar-refractivity contribution is 0.209. The van der Waals surface area contributed by atoms with Crippen molar-refractivity contribution in [3.63, 3.8) is 0 Å². The summed E-state index contributed by atoms with van der Waals surface area (Å²) < 4.78 is 19.7. The van der Waals surface area contributed by atoms with Gasteiger partial charge in [-0.05, 0) is 38.0 Å². The second kappa shape index (κ2) is 9.06. The average molecular weight is 344 g/mol. The fraction of sp³-hybridized carbons (Fsp3) is 0.350. The Balaban J connectivity index is 2.07. The van der Waals surface area contributed by atoms with Gasteiger partial charge < -0.3 is 15.0 Å². The van der Waals surface area contributed by atoms with Crippen LogP contribution >= 0.6 is 0 Å². The standard InChI is InChI=1S/C20H25FN2O2/c1-4-12-23(14-16-8-6-5-7-9-16)20(24)22-19-11-10-17(13-18(19)21)25-15(2)3/h5-11,13,15H,4,12,14H2,1-3H3,(H,22,24). The largest absolute Gasteiger partial charge is 0.491 e. The van der Waals surface area contributed by atoms with Gasteiger partial charge in [0.2, 0.25) is 0 Å². The Labute approximate surface area is 148 Å². The molecule has 2 aromatic carbocycles. The third-order valence-electron chi connectivity index (χ3n) is 3.55.